The molecule has 5 rings (SSSR count). The van der Waals surface area contributed by atoms with E-state index in [1.54, 1.807) is 0 Å². The van der Waals surface area contributed by atoms with Crippen molar-refractivity contribution < 1.29 is 45.2 Å². The molecule has 44 heavy (non-hydrogen) atoms. The van der Waals surface area contributed by atoms with Crippen LogP contribution in [-0.4, -0.2) is 98.5 Å². The topological polar surface area (TPSA) is 160 Å². The average Bonchev–Trinajstić information content (AvgIpc) is 3.28. The second-order valence-electron chi connectivity index (χ2n) is 15.0. The quantitative estimate of drug-likeness (QED) is 0.182. The third-order valence-electron chi connectivity index (χ3n) is 12.5. The summed E-state index contributed by atoms with van der Waals surface area (Å²) >= 11 is 0. The zero-order chi connectivity index (χ0) is 32.0. The van der Waals surface area contributed by atoms with E-state index in [0.29, 0.717) is 17.8 Å². The summed E-state index contributed by atoms with van der Waals surface area (Å²) < 4.78 is 11.8. The van der Waals surface area contributed by atoms with Gasteiger partial charge in [0.25, 0.3) is 0 Å². The molecule has 0 radical (unpaired) electrons. The van der Waals surface area contributed by atoms with Crippen LogP contribution in [0.15, 0.2) is 34.9 Å². The van der Waals surface area contributed by atoms with E-state index in [1.165, 1.54) is 11.1 Å². The zero-order valence-electron chi connectivity index (χ0n) is 26.9. The molecule has 0 amide bonds. The van der Waals surface area contributed by atoms with Gasteiger partial charge >= 0.3 is 0 Å². The fourth-order valence-electron chi connectivity index (χ4n) is 9.75. The molecule has 1 saturated heterocycles. The average molecular weight is 621 g/mol. The van der Waals surface area contributed by atoms with E-state index in [0.717, 1.165) is 56.9 Å². The molecule has 14 atom stereocenters. The molecule has 7 N–H and O–H groups in total. The molecule has 0 aromatic carbocycles. The summed E-state index contributed by atoms with van der Waals surface area (Å²) in [6, 6.07) is 0. The summed E-state index contributed by atoms with van der Waals surface area (Å²) in [5.41, 5.74) is 3.87. The fourth-order valence-corrected chi connectivity index (χ4v) is 9.75. The molecule has 0 bridgehead atoms. The Morgan fingerprint density at radius 3 is 2.48 bits per heavy atom. The smallest absolute Gasteiger partial charge is 0.186 e. The maximum atomic E-state index is 11.5. The number of aliphatic hydroxyl groups excluding tert-OH is 7. The number of ether oxygens (including phenoxy) is 2. The standard InChI is InChI=1S/C35H56O9/c1-19(5-6-21(11-14-36)20(2)17-37)29-27(39)16-26-24-8-7-22-15-23(9-12-34(22,3)25(24)10-13-35(26,29)4)43-33-32(42)31(41)30(40)28(18-38)44-33/h8,10-11,19-20,22-23,26-33,36-42H,5-7,9,12-18H2,1-4H3/t19-,20-,22+,23+,26+,27+,28-,29+,30-,31+,32-,33-,34+,35+/m1/s1. The van der Waals surface area contributed by atoms with Crippen molar-refractivity contribution in [2.24, 2.45) is 40.4 Å². The van der Waals surface area contributed by atoms with Gasteiger partial charge in [0.05, 0.1) is 25.4 Å². The van der Waals surface area contributed by atoms with E-state index in [9.17, 15) is 35.7 Å². The maximum absolute atomic E-state index is 11.5. The minimum absolute atomic E-state index is 0.0142. The first-order valence-corrected chi connectivity index (χ1v) is 16.8. The first-order chi connectivity index (χ1) is 20.9. The highest BCUT2D eigenvalue weighted by atomic mass is 16.7. The number of hydrogen-bond acceptors (Lipinski definition) is 9. The van der Waals surface area contributed by atoms with Crippen molar-refractivity contribution in [2.45, 2.75) is 122 Å². The van der Waals surface area contributed by atoms with E-state index in [2.05, 4.69) is 32.9 Å². The van der Waals surface area contributed by atoms with Crippen LogP contribution in [0.2, 0.25) is 0 Å². The number of aliphatic hydroxyl groups is 7. The van der Waals surface area contributed by atoms with Crippen molar-refractivity contribution in [3.05, 3.63) is 34.9 Å². The number of hydrogen-bond donors (Lipinski definition) is 7. The van der Waals surface area contributed by atoms with Gasteiger partial charge in [-0.15, -0.1) is 0 Å². The normalized spacial score (nSPS) is 45.5. The van der Waals surface area contributed by atoms with Gasteiger partial charge in [-0.3, -0.25) is 0 Å². The third kappa shape index (κ3) is 6.02. The van der Waals surface area contributed by atoms with Crippen LogP contribution in [0.3, 0.4) is 0 Å². The monoisotopic (exact) mass is 620 g/mol. The highest BCUT2D eigenvalue weighted by Gasteiger charge is 2.58. The Kier molecular flexibility index (Phi) is 10.5. The van der Waals surface area contributed by atoms with Gasteiger partial charge in [-0.25, -0.2) is 0 Å². The van der Waals surface area contributed by atoms with Crippen LogP contribution in [0.4, 0.5) is 0 Å². The highest BCUT2D eigenvalue weighted by Crippen LogP contribution is 2.65. The Hall–Kier alpha value is -1.14. The van der Waals surface area contributed by atoms with Crippen molar-refractivity contribution in [1.82, 2.24) is 0 Å². The molecular formula is C35H56O9. The lowest BCUT2D eigenvalue weighted by molar-refractivity contribution is -0.314. The van der Waals surface area contributed by atoms with Crippen LogP contribution >= 0.6 is 0 Å². The van der Waals surface area contributed by atoms with Crippen LogP contribution < -0.4 is 0 Å². The van der Waals surface area contributed by atoms with Crippen LogP contribution in [0.25, 0.3) is 0 Å². The molecule has 5 aliphatic rings. The number of fused-ring (bicyclic) bond motifs is 5. The second-order valence-corrected chi connectivity index (χ2v) is 15.0. The zero-order valence-corrected chi connectivity index (χ0v) is 26.9. The summed E-state index contributed by atoms with van der Waals surface area (Å²) in [4.78, 5) is 0. The molecule has 0 aromatic heterocycles. The molecule has 2 saturated carbocycles. The van der Waals surface area contributed by atoms with Gasteiger partial charge in [0.1, 0.15) is 24.4 Å². The van der Waals surface area contributed by atoms with E-state index in [1.807, 2.05) is 13.0 Å². The first-order valence-electron chi connectivity index (χ1n) is 16.8. The van der Waals surface area contributed by atoms with Gasteiger partial charge in [-0.05, 0) is 97.0 Å². The minimum Gasteiger partial charge on any atom is -0.396 e. The van der Waals surface area contributed by atoms with Crippen molar-refractivity contribution in [1.29, 1.82) is 0 Å². The van der Waals surface area contributed by atoms with E-state index < -0.39 is 37.3 Å². The van der Waals surface area contributed by atoms with Crippen molar-refractivity contribution >= 4 is 0 Å². The summed E-state index contributed by atoms with van der Waals surface area (Å²) in [6.45, 7) is 8.53. The van der Waals surface area contributed by atoms with E-state index in [-0.39, 0.29) is 48.1 Å². The third-order valence-corrected chi connectivity index (χ3v) is 12.5. The largest absolute Gasteiger partial charge is 0.396 e. The molecule has 1 aliphatic heterocycles. The van der Waals surface area contributed by atoms with Crippen LogP contribution in [-0.2, 0) is 9.47 Å². The lowest BCUT2D eigenvalue weighted by atomic mass is 9.51. The summed E-state index contributed by atoms with van der Waals surface area (Å²) in [6.07, 6.45) is 6.61. The predicted octanol–water partition coefficient (Wildman–Crippen LogP) is 2.60. The minimum atomic E-state index is -1.45. The first kappa shape index (κ1) is 34.2. The van der Waals surface area contributed by atoms with Gasteiger partial charge in [0, 0.05) is 12.5 Å². The molecule has 3 fully saturated rings. The SMILES string of the molecule is C[C@H](CO)C(=CCO)CC[C@@H](C)[C@H]1[C@@H](O)C[C@H]2C3=CC[C@H]4C[C@@H](O[C@@H]5O[C@H](CO)[C@@H](O)[C@H](O)[C@H]5O)CC[C@]4(C)C3=CC[C@]12C. The van der Waals surface area contributed by atoms with Crippen LogP contribution in [0.5, 0.6) is 0 Å². The van der Waals surface area contributed by atoms with Gasteiger partial charge in [0.15, 0.2) is 6.29 Å². The lowest BCUT2D eigenvalue weighted by Gasteiger charge is -2.54. The molecule has 0 spiro atoms. The van der Waals surface area contributed by atoms with Gasteiger partial charge in [-0.1, -0.05) is 51.5 Å². The highest BCUT2D eigenvalue weighted by molar-refractivity contribution is 5.46. The van der Waals surface area contributed by atoms with E-state index in [4.69, 9.17) is 9.47 Å². The molecule has 0 aromatic rings. The maximum Gasteiger partial charge on any atom is 0.186 e. The van der Waals surface area contributed by atoms with Crippen molar-refractivity contribution in [3.63, 3.8) is 0 Å². The Morgan fingerprint density at radius 1 is 1.05 bits per heavy atom. The Labute approximate surface area is 262 Å². The second kappa shape index (κ2) is 13.5. The molecule has 4 aliphatic carbocycles. The number of rotatable bonds is 10. The Bertz CT molecular complexity index is 1100. The summed E-state index contributed by atoms with van der Waals surface area (Å²) in [5, 5.41) is 71.0. The van der Waals surface area contributed by atoms with Gasteiger partial charge in [-0.2, -0.15) is 0 Å². The molecule has 1 heterocycles. The molecule has 0 unspecified atom stereocenters. The molecule has 9 heteroatoms. The lowest BCUT2D eigenvalue weighted by Crippen LogP contribution is -2.60. The van der Waals surface area contributed by atoms with Gasteiger partial charge in [0.2, 0.25) is 0 Å². The van der Waals surface area contributed by atoms with Crippen molar-refractivity contribution in [3.8, 4) is 0 Å². The molecular weight excluding hydrogens is 564 g/mol. The van der Waals surface area contributed by atoms with Gasteiger partial charge < -0.3 is 45.2 Å². The van der Waals surface area contributed by atoms with E-state index >= 15 is 0 Å². The molecule has 9 nitrogen and oxygen atoms in total. The van der Waals surface area contributed by atoms with Crippen molar-refractivity contribution in [2.75, 3.05) is 19.8 Å². The predicted molar refractivity (Wildman–Crippen MR) is 165 cm³/mol. The van der Waals surface area contributed by atoms with Crippen LogP contribution in [0.1, 0.15) is 79.1 Å². The number of allylic oxidation sites excluding steroid dienone is 4. The molecule has 250 valence electrons. The fraction of sp³-hybridized carbons (Fsp3) is 0.829. The Balaban J connectivity index is 1.27. The summed E-state index contributed by atoms with van der Waals surface area (Å²) in [5.74, 6) is 1.13. The Morgan fingerprint density at radius 2 is 1.80 bits per heavy atom. The summed E-state index contributed by atoms with van der Waals surface area (Å²) in [7, 11) is 0. The van der Waals surface area contributed by atoms with Crippen LogP contribution in [0, 0.1) is 40.4 Å².